The number of benzene rings is 1. The second-order valence-corrected chi connectivity index (χ2v) is 5.97. The average molecular weight is 373 g/mol. The summed E-state index contributed by atoms with van der Waals surface area (Å²) in [5.74, 6) is -0.852. The summed E-state index contributed by atoms with van der Waals surface area (Å²) in [7, 11) is 2.79. The number of ether oxygens (including phenoxy) is 3. The van der Waals surface area contributed by atoms with E-state index in [1.165, 1.54) is 24.1 Å². The molecule has 27 heavy (non-hydrogen) atoms. The van der Waals surface area contributed by atoms with Crippen LogP contribution in [0.3, 0.4) is 0 Å². The number of furan rings is 1. The molecule has 1 saturated heterocycles. The van der Waals surface area contributed by atoms with Crippen molar-refractivity contribution in [2.75, 3.05) is 25.7 Å². The van der Waals surface area contributed by atoms with Gasteiger partial charge in [-0.1, -0.05) is 6.07 Å². The smallest absolute Gasteiger partial charge is 0.373 e. The van der Waals surface area contributed by atoms with Crippen LogP contribution in [0.2, 0.25) is 0 Å². The van der Waals surface area contributed by atoms with Crippen LogP contribution in [0, 0.1) is 5.92 Å². The van der Waals surface area contributed by atoms with Gasteiger partial charge >= 0.3 is 11.9 Å². The zero-order valence-corrected chi connectivity index (χ0v) is 15.0. The number of nitrogens with zero attached hydrogens (tertiary/aromatic N) is 1. The predicted molar refractivity (Wildman–Crippen MR) is 93.3 cm³/mol. The molecule has 1 aliphatic rings. The molecule has 0 N–H and O–H groups in total. The van der Waals surface area contributed by atoms with Crippen LogP contribution in [0.5, 0.6) is 5.75 Å². The van der Waals surface area contributed by atoms with E-state index >= 15 is 0 Å². The first-order chi connectivity index (χ1) is 13.0. The number of methoxy groups -OCH3 is 2. The van der Waals surface area contributed by atoms with E-state index in [-0.39, 0.29) is 31.2 Å². The van der Waals surface area contributed by atoms with E-state index in [1.54, 1.807) is 31.4 Å². The van der Waals surface area contributed by atoms with Crippen LogP contribution in [0.15, 0.2) is 40.8 Å². The number of esters is 2. The third-order valence-electron chi connectivity index (χ3n) is 4.23. The van der Waals surface area contributed by atoms with Crippen molar-refractivity contribution < 1.29 is 33.0 Å². The van der Waals surface area contributed by atoms with Gasteiger partial charge in [0.05, 0.1) is 20.1 Å². The number of rotatable bonds is 6. The van der Waals surface area contributed by atoms with Gasteiger partial charge in [-0.2, -0.15) is 0 Å². The number of hydrogen-bond acceptors (Lipinski definition) is 7. The van der Waals surface area contributed by atoms with Gasteiger partial charge in [0.1, 0.15) is 18.1 Å². The molecule has 8 nitrogen and oxygen atoms in total. The lowest BCUT2D eigenvalue weighted by atomic mass is 10.1. The quantitative estimate of drug-likeness (QED) is 0.716. The van der Waals surface area contributed by atoms with Crippen LogP contribution < -0.4 is 9.64 Å². The highest BCUT2D eigenvalue weighted by Gasteiger charge is 2.36. The van der Waals surface area contributed by atoms with Crippen molar-refractivity contribution >= 4 is 23.5 Å². The lowest BCUT2D eigenvalue weighted by Crippen LogP contribution is -2.26. The molecule has 1 fully saturated rings. The molecule has 1 atom stereocenters. The second-order valence-electron chi connectivity index (χ2n) is 5.97. The first kappa shape index (κ1) is 18.5. The van der Waals surface area contributed by atoms with Gasteiger partial charge in [0.2, 0.25) is 11.7 Å². The van der Waals surface area contributed by atoms with Crippen molar-refractivity contribution in [1.82, 2.24) is 0 Å². The molecule has 0 spiro atoms. The fourth-order valence-electron chi connectivity index (χ4n) is 2.82. The Morgan fingerprint density at radius 3 is 2.78 bits per heavy atom. The maximum absolute atomic E-state index is 12.3. The molecule has 1 unspecified atom stereocenters. The van der Waals surface area contributed by atoms with Crippen LogP contribution in [0.1, 0.15) is 22.7 Å². The van der Waals surface area contributed by atoms with Gasteiger partial charge < -0.3 is 23.5 Å². The molecule has 0 bridgehead atoms. The molecule has 2 heterocycles. The summed E-state index contributed by atoms with van der Waals surface area (Å²) < 4.78 is 20.2. The molecule has 0 saturated carbocycles. The first-order valence-electron chi connectivity index (χ1n) is 8.30. The normalized spacial score (nSPS) is 16.3. The first-order valence-corrected chi connectivity index (χ1v) is 8.30. The van der Waals surface area contributed by atoms with Gasteiger partial charge in [-0.15, -0.1) is 0 Å². The van der Waals surface area contributed by atoms with Gasteiger partial charge in [-0.25, -0.2) is 4.79 Å². The van der Waals surface area contributed by atoms with Crippen molar-refractivity contribution in [3.8, 4) is 5.75 Å². The zero-order chi connectivity index (χ0) is 19.4. The highest BCUT2D eigenvalue weighted by atomic mass is 16.6. The molecule has 1 amide bonds. The summed E-state index contributed by atoms with van der Waals surface area (Å²) in [5.41, 5.74) is 0.670. The van der Waals surface area contributed by atoms with Gasteiger partial charge in [-0.3, -0.25) is 9.59 Å². The van der Waals surface area contributed by atoms with Gasteiger partial charge in [-0.05, 0) is 24.3 Å². The van der Waals surface area contributed by atoms with Crippen molar-refractivity contribution in [3.05, 3.63) is 47.9 Å². The number of anilines is 1. The lowest BCUT2D eigenvalue weighted by Gasteiger charge is -2.17. The standard InChI is InChI=1S/C19H19NO7/c1-24-14-5-3-4-13(9-14)20-10-12(8-17(20)21)18(22)26-11-15-6-7-16(27-15)19(23)25-2/h3-7,9,12H,8,10-11H2,1-2H3. The van der Waals surface area contributed by atoms with E-state index in [4.69, 9.17) is 13.9 Å². The second kappa shape index (κ2) is 7.94. The molecule has 142 valence electrons. The Kier molecular flexibility index (Phi) is 5.44. The topological polar surface area (TPSA) is 95.3 Å². The molecule has 0 radical (unpaired) electrons. The number of carbonyl (C=O) groups excluding carboxylic acids is 3. The summed E-state index contributed by atoms with van der Waals surface area (Å²) >= 11 is 0. The number of amides is 1. The monoisotopic (exact) mass is 373 g/mol. The van der Waals surface area contributed by atoms with Gasteiger partial charge in [0.15, 0.2) is 0 Å². The summed E-state index contributed by atoms with van der Waals surface area (Å²) in [6.07, 6.45) is 0.0710. The van der Waals surface area contributed by atoms with Crippen LogP contribution >= 0.6 is 0 Å². The minimum Gasteiger partial charge on any atom is -0.497 e. The van der Waals surface area contributed by atoms with E-state index < -0.39 is 17.9 Å². The Morgan fingerprint density at radius 2 is 2.04 bits per heavy atom. The van der Waals surface area contributed by atoms with Gasteiger partial charge in [0, 0.05) is 24.7 Å². The highest BCUT2D eigenvalue weighted by molar-refractivity contribution is 5.99. The Morgan fingerprint density at radius 1 is 1.22 bits per heavy atom. The van der Waals surface area contributed by atoms with E-state index in [1.807, 2.05) is 0 Å². The van der Waals surface area contributed by atoms with E-state index in [0.29, 0.717) is 17.2 Å². The largest absolute Gasteiger partial charge is 0.497 e. The van der Waals surface area contributed by atoms with Crippen LogP contribution in [0.25, 0.3) is 0 Å². The van der Waals surface area contributed by atoms with Crippen molar-refractivity contribution in [3.63, 3.8) is 0 Å². The van der Waals surface area contributed by atoms with Crippen molar-refractivity contribution in [1.29, 1.82) is 0 Å². The molecule has 8 heteroatoms. The molecular formula is C19H19NO7. The Hall–Kier alpha value is -3.29. The minimum absolute atomic E-state index is 0.0313. The van der Waals surface area contributed by atoms with E-state index in [2.05, 4.69) is 4.74 Å². The fourth-order valence-corrected chi connectivity index (χ4v) is 2.82. The lowest BCUT2D eigenvalue weighted by molar-refractivity contribution is -0.150. The third-order valence-corrected chi connectivity index (χ3v) is 4.23. The summed E-state index contributed by atoms with van der Waals surface area (Å²) in [6, 6.07) is 10.1. The molecule has 2 aromatic rings. The molecule has 1 aromatic heterocycles. The summed E-state index contributed by atoms with van der Waals surface area (Å²) in [6.45, 7) is 0.107. The van der Waals surface area contributed by atoms with Crippen molar-refractivity contribution in [2.24, 2.45) is 5.92 Å². The number of carbonyl (C=O) groups is 3. The average Bonchev–Trinajstić information content (AvgIpc) is 3.32. The highest BCUT2D eigenvalue weighted by Crippen LogP contribution is 2.28. The SMILES string of the molecule is COC(=O)c1ccc(COC(=O)C2CC(=O)N(c3cccc(OC)c3)C2)o1. The Labute approximate surface area is 155 Å². The Balaban J connectivity index is 1.59. The summed E-state index contributed by atoms with van der Waals surface area (Å²) in [5, 5.41) is 0. The van der Waals surface area contributed by atoms with Crippen LogP contribution in [0.4, 0.5) is 5.69 Å². The molecule has 1 aromatic carbocycles. The summed E-state index contributed by atoms with van der Waals surface area (Å²) in [4.78, 5) is 37.5. The Bertz CT molecular complexity index is 857. The fraction of sp³-hybridized carbons (Fsp3) is 0.316. The zero-order valence-electron chi connectivity index (χ0n) is 15.0. The van der Waals surface area contributed by atoms with Crippen LogP contribution in [-0.2, 0) is 25.7 Å². The third kappa shape index (κ3) is 4.11. The molecule has 1 aliphatic heterocycles. The molecule has 0 aliphatic carbocycles. The minimum atomic E-state index is -0.608. The number of hydrogen-bond donors (Lipinski definition) is 0. The maximum atomic E-state index is 12.3. The predicted octanol–water partition coefficient (Wildman–Crippen LogP) is 2.17. The maximum Gasteiger partial charge on any atom is 0.373 e. The van der Waals surface area contributed by atoms with Crippen LogP contribution in [-0.4, -0.2) is 38.6 Å². The van der Waals surface area contributed by atoms with Gasteiger partial charge in [0.25, 0.3) is 0 Å². The van der Waals surface area contributed by atoms with Crippen molar-refractivity contribution in [2.45, 2.75) is 13.0 Å². The molecule has 3 rings (SSSR count). The van der Waals surface area contributed by atoms with E-state index in [0.717, 1.165) is 0 Å². The molecular weight excluding hydrogens is 354 g/mol. The van der Waals surface area contributed by atoms with E-state index in [9.17, 15) is 14.4 Å².